The second kappa shape index (κ2) is 11.9. The van der Waals surface area contributed by atoms with Gasteiger partial charge < -0.3 is 9.73 Å². The van der Waals surface area contributed by atoms with Crippen LogP contribution < -0.4 is 5.32 Å². The van der Waals surface area contributed by atoms with Crippen LogP contribution in [0.15, 0.2) is 172 Å². The molecule has 4 nitrogen and oxygen atoms in total. The van der Waals surface area contributed by atoms with E-state index in [1.54, 1.807) is 0 Å². The summed E-state index contributed by atoms with van der Waals surface area (Å²) < 4.78 is 6.53. The molecule has 7 aromatic rings. The number of nitrogens with zero attached hydrogens (tertiary/aromatic N) is 2. The molecular formula is C48H37N3O. The fraction of sp³-hybridized carbons (Fsp3) is 0.125. The van der Waals surface area contributed by atoms with Crippen LogP contribution >= 0.6 is 0 Å². The van der Waals surface area contributed by atoms with Gasteiger partial charge in [-0.2, -0.15) is 0 Å². The topological polar surface area (TPSA) is 49.9 Å². The Morgan fingerprint density at radius 2 is 1.42 bits per heavy atom. The van der Waals surface area contributed by atoms with E-state index in [1.165, 1.54) is 55.3 Å². The van der Waals surface area contributed by atoms with Gasteiger partial charge in [-0.15, -0.1) is 0 Å². The predicted molar refractivity (Wildman–Crippen MR) is 215 cm³/mol. The van der Waals surface area contributed by atoms with Crippen molar-refractivity contribution in [2.24, 2.45) is 9.98 Å². The van der Waals surface area contributed by atoms with E-state index in [1.807, 2.05) is 12.1 Å². The first-order chi connectivity index (χ1) is 25.5. The molecule has 0 radical (unpaired) electrons. The fourth-order valence-corrected chi connectivity index (χ4v) is 8.29. The van der Waals surface area contributed by atoms with Crippen LogP contribution in [0.25, 0.3) is 55.3 Å². The number of amidine groups is 2. The Labute approximate surface area is 303 Å². The molecule has 1 atom stereocenters. The van der Waals surface area contributed by atoms with Gasteiger partial charge in [0, 0.05) is 27.3 Å². The third-order valence-corrected chi connectivity index (χ3v) is 11.0. The van der Waals surface area contributed by atoms with Crippen LogP contribution in [0.5, 0.6) is 0 Å². The van der Waals surface area contributed by atoms with E-state index < -0.39 is 0 Å². The highest BCUT2D eigenvalue weighted by Gasteiger charge is 2.38. The smallest absolute Gasteiger partial charge is 0.155 e. The van der Waals surface area contributed by atoms with Crippen LogP contribution in [-0.2, 0) is 5.41 Å². The summed E-state index contributed by atoms with van der Waals surface area (Å²) in [5, 5.41) is 5.96. The molecule has 1 N–H and O–H groups in total. The number of allylic oxidation sites excluding steroid dienone is 3. The first-order valence-electron chi connectivity index (χ1n) is 18.2. The third kappa shape index (κ3) is 4.97. The normalized spacial score (nSPS) is 17.3. The Kier molecular flexibility index (Phi) is 7.00. The summed E-state index contributed by atoms with van der Waals surface area (Å²) in [6.45, 7) is 4.64. The van der Waals surface area contributed by atoms with E-state index in [-0.39, 0.29) is 11.6 Å². The highest BCUT2D eigenvalue weighted by Crippen LogP contribution is 2.53. The zero-order valence-electron chi connectivity index (χ0n) is 29.2. The van der Waals surface area contributed by atoms with Crippen LogP contribution in [0, 0.1) is 0 Å². The summed E-state index contributed by atoms with van der Waals surface area (Å²) in [5.41, 5.74) is 15.0. The lowest BCUT2D eigenvalue weighted by molar-refractivity contribution is 0.620. The van der Waals surface area contributed by atoms with Gasteiger partial charge in [-0.25, -0.2) is 9.98 Å². The number of furan rings is 1. The van der Waals surface area contributed by atoms with Crippen molar-refractivity contribution in [2.75, 3.05) is 0 Å². The van der Waals surface area contributed by atoms with Crippen molar-refractivity contribution in [1.29, 1.82) is 0 Å². The Morgan fingerprint density at radius 1 is 0.673 bits per heavy atom. The number of nitrogens with one attached hydrogen (secondary N) is 1. The molecule has 0 saturated heterocycles. The zero-order chi connectivity index (χ0) is 34.8. The SMILES string of the molecule is CC1(C)c2ccc(-c3cccc(-c4ccc(C5=NC(C6=CC=CCC6)=NC(c6ccccc6)N5)cc4)c3)cc2-c2ccc3c(oc4ccccc43)c21. The van der Waals surface area contributed by atoms with Crippen LogP contribution in [-0.4, -0.2) is 11.7 Å². The van der Waals surface area contributed by atoms with Gasteiger partial charge in [0.1, 0.15) is 23.2 Å². The van der Waals surface area contributed by atoms with Crippen LogP contribution in [0.4, 0.5) is 0 Å². The molecule has 1 unspecified atom stereocenters. The molecule has 0 saturated carbocycles. The minimum atomic E-state index is -0.193. The van der Waals surface area contributed by atoms with E-state index in [0.717, 1.165) is 52.4 Å². The lowest BCUT2D eigenvalue weighted by Gasteiger charge is -2.24. The van der Waals surface area contributed by atoms with E-state index in [9.17, 15) is 0 Å². The van der Waals surface area contributed by atoms with Crippen molar-refractivity contribution >= 4 is 33.6 Å². The van der Waals surface area contributed by atoms with Crippen LogP contribution in [0.2, 0.25) is 0 Å². The first-order valence-corrected chi connectivity index (χ1v) is 18.2. The van der Waals surface area contributed by atoms with Crippen molar-refractivity contribution in [2.45, 2.75) is 38.3 Å². The third-order valence-electron chi connectivity index (χ3n) is 11.0. The summed E-state index contributed by atoms with van der Waals surface area (Å²) in [6.07, 6.45) is 8.22. The molecular weight excluding hydrogens is 635 g/mol. The van der Waals surface area contributed by atoms with E-state index in [4.69, 9.17) is 14.4 Å². The van der Waals surface area contributed by atoms with Gasteiger partial charge in [0.2, 0.25) is 0 Å². The molecule has 10 rings (SSSR count). The van der Waals surface area contributed by atoms with E-state index >= 15 is 0 Å². The van der Waals surface area contributed by atoms with Gasteiger partial charge in [0.25, 0.3) is 0 Å². The fourth-order valence-electron chi connectivity index (χ4n) is 8.29. The first kappa shape index (κ1) is 30.6. The van der Waals surface area contributed by atoms with E-state index in [2.05, 4.69) is 159 Å². The number of para-hydroxylation sites is 1. The van der Waals surface area contributed by atoms with E-state index in [0.29, 0.717) is 0 Å². The molecule has 0 spiro atoms. The van der Waals surface area contributed by atoms with Gasteiger partial charge >= 0.3 is 0 Å². The maximum atomic E-state index is 6.53. The summed E-state index contributed by atoms with van der Waals surface area (Å²) in [4.78, 5) is 10.1. The Morgan fingerprint density at radius 3 is 2.25 bits per heavy atom. The van der Waals surface area contributed by atoms with Crippen molar-refractivity contribution in [3.05, 3.63) is 180 Å². The van der Waals surface area contributed by atoms with Gasteiger partial charge in [-0.3, -0.25) is 0 Å². The predicted octanol–water partition coefficient (Wildman–Crippen LogP) is 11.9. The number of rotatable bonds is 5. The monoisotopic (exact) mass is 671 g/mol. The zero-order valence-corrected chi connectivity index (χ0v) is 29.2. The van der Waals surface area contributed by atoms with Crippen molar-refractivity contribution in [3.63, 3.8) is 0 Å². The average Bonchev–Trinajstić information content (AvgIpc) is 3.70. The molecule has 1 aliphatic heterocycles. The number of hydrogen-bond acceptors (Lipinski definition) is 4. The number of fused-ring (bicyclic) bond motifs is 7. The highest BCUT2D eigenvalue weighted by atomic mass is 16.3. The van der Waals surface area contributed by atoms with Crippen LogP contribution in [0.3, 0.4) is 0 Å². The second-order valence-corrected chi connectivity index (χ2v) is 14.5. The highest BCUT2D eigenvalue weighted by molar-refractivity contribution is 6.13. The molecule has 2 heterocycles. The molecule has 52 heavy (non-hydrogen) atoms. The van der Waals surface area contributed by atoms with Gasteiger partial charge in [0.15, 0.2) is 5.84 Å². The van der Waals surface area contributed by atoms with Gasteiger partial charge in [-0.1, -0.05) is 141 Å². The number of benzene rings is 6. The van der Waals surface area contributed by atoms with Crippen molar-refractivity contribution in [3.8, 4) is 33.4 Å². The summed E-state index contributed by atoms with van der Waals surface area (Å²) >= 11 is 0. The molecule has 6 aromatic carbocycles. The molecule has 1 aromatic heterocycles. The second-order valence-electron chi connectivity index (χ2n) is 14.5. The Bertz CT molecular complexity index is 2670. The quantitative estimate of drug-likeness (QED) is 0.198. The molecule has 0 fully saturated rings. The minimum absolute atomic E-state index is 0.171. The standard InChI is InChI=1S/C48H37N3O/c1-48(2)41-27-24-36(29-40(41)38-25-26-39-37-18-9-10-19-42(37)52-44(39)43(38)48)35-17-11-16-34(28-35)30-20-22-33(23-21-30)47-50-45(31-12-5-3-6-13-31)49-46(51-47)32-14-7-4-8-15-32/h3-7,9-14,16-29,45H,8,15H2,1-2H3,(H,49,50,51). The Balaban J connectivity index is 0.973. The molecule has 4 heteroatoms. The van der Waals surface area contributed by atoms with Crippen molar-refractivity contribution in [1.82, 2.24) is 5.32 Å². The molecule has 0 bridgehead atoms. The maximum absolute atomic E-state index is 6.53. The van der Waals surface area contributed by atoms with Gasteiger partial charge in [-0.05, 0) is 87.2 Å². The summed E-state index contributed by atoms with van der Waals surface area (Å²) in [6, 6.07) is 47.8. The summed E-state index contributed by atoms with van der Waals surface area (Å²) in [7, 11) is 0. The lowest BCUT2D eigenvalue weighted by Crippen LogP contribution is -2.33. The van der Waals surface area contributed by atoms with Crippen LogP contribution in [0.1, 0.15) is 55.1 Å². The largest absolute Gasteiger partial charge is 0.456 e. The molecule has 0 amide bonds. The van der Waals surface area contributed by atoms with Crippen molar-refractivity contribution < 1.29 is 4.42 Å². The number of aliphatic imine (C=N–C) groups is 2. The van der Waals surface area contributed by atoms with Gasteiger partial charge in [0.05, 0.1) is 0 Å². The molecule has 3 aliphatic rings. The molecule has 250 valence electrons. The number of hydrogen-bond donors (Lipinski definition) is 1. The lowest BCUT2D eigenvalue weighted by atomic mass is 9.81. The Hall–Kier alpha value is -6.26. The molecule has 2 aliphatic carbocycles. The minimum Gasteiger partial charge on any atom is -0.456 e. The average molecular weight is 672 g/mol. The summed E-state index contributed by atoms with van der Waals surface area (Å²) in [5.74, 6) is 1.65. The maximum Gasteiger partial charge on any atom is 0.155 e.